The molecule has 0 aromatic heterocycles. The molecule has 150 valence electrons. The van der Waals surface area contributed by atoms with Crippen molar-refractivity contribution in [3.05, 3.63) is 94.0 Å². The maximum atomic E-state index is 13.4. The molecule has 2 aliphatic rings. The van der Waals surface area contributed by atoms with E-state index >= 15 is 0 Å². The number of amides is 2. The molecule has 0 radical (unpaired) electrons. The highest BCUT2D eigenvalue weighted by Gasteiger charge is 2.69. The maximum Gasteiger partial charge on any atom is 0.265 e. The molecule has 6 nitrogen and oxygen atoms in total. The fourth-order valence-electron chi connectivity index (χ4n) is 4.20. The van der Waals surface area contributed by atoms with Crippen LogP contribution in [0.2, 0.25) is 0 Å². The van der Waals surface area contributed by atoms with E-state index in [1.165, 1.54) is 0 Å². The minimum Gasteiger partial charge on any atom is -0.372 e. The van der Waals surface area contributed by atoms with Crippen LogP contribution < -0.4 is 10.6 Å². The second-order valence-corrected chi connectivity index (χ2v) is 8.22. The van der Waals surface area contributed by atoms with Crippen LogP contribution in [0.5, 0.6) is 0 Å². The zero-order chi connectivity index (χ0) is 20.9. The van der Waals surface area contributed by atoms with Crippen LogP contribution in [0, 0.1) is 0 Å². The summed E-state index contributed by atoms with van der Waals surface area (Å²) in [6.45, 7) is 0.0206. The predicted molar refractivity (Wildman–Crippen MR) is 115 cm³/mol. The van der Waals surface area contributed by atoms with Gasteiger partial charge in [0.1, 0.15) is 0 Å². The summed E-state index contributed by atoms with van der Waals surface area (Å²) in [6.07, 6.45) is 0. The van der Waals surface area contributed by atoms with Gasteiger partial charge in [-0.2, -0.15) is 0 Å². The van der Waals surface area contributed by atoms with Gasteiger partial charge in [0.05, 0.1) is 6.61 Å². The van der Waals surface area contributed by atoms with E-state index in [1.807, 2.05) is 24.3 Å². The van der Waals surface area contributed by atoms with Crippen LogP contribution in [0.25, 0.3) is 0 Å². The van der Waals surface area contributed by atoms with Crippen LogP contribution in [0.1, 0.15) is 16.7 Å². The Morgan fingerprint density at radius 1 is 0.800 bits per heavy atom. The highest BCUT2D eigenvalue weighted by molar-refractivity contribution is 9.10. The van der Waals surface area contributed by atoms with Crippen molar-refractivity contribution in [1.29, 1.82) is 0 Å². The zero-order valence-corrected chi connectivity index (χ0v) is 17.3. The Labute approximate surface area is 181 Å². The fraction of sp³-hybridized carbons (Fsp3) is 0.130. The van der Waals surface area contributed by atoms with Crippen LogP contribution in [0.3, 0.4) is 0 Å². The number of carbonyl (C=O) groups is 2. The number of halogens is 1. The van der Waals surface area contributed by atoms with Gasteiger partial charge < -0.3 is 20.5 Å². The molecule has 0 aliphatic carbocycles. The lowest BCUT2D eigenvalue weighted by atomic mass is 9.74. The van der Waals surface area contributed by atoms with Gasteiger partial charge in [0.25, 0.3) is 11.8 Å². The molecular formula is C23H17BrN2O4. The molecule has 5 rings (SSSR count). The molecule has 3 N–H and O–H groups in total. The minimum absolute atomic E-state index is 0.0206. The second-order valence-electron chi connectivity index (χ2n) is 7.31. The van der Waals surface area contributed by atoms with Gasteiger partial charge in [-0.3, -0.25) is 9.59 Å². The van der Waals surface area contributed by atoms with Crippen LogP contribution in [0.4, 0.5) is 11.4 Å². The Morgan fingerprint density at radius 3 is 2.07 bits per heavy atom. The molecule has 2 atom stereocenters. The highest BCUT2D eigenvalue weighted by atomic mass is 79.9. The summed E-state index contributed by atoms with van der Waals surface area (Å²) >= 11 is 3.39. The molecule has 3 aromatic rings. The lowest BCUT2D eigenvalue weighted by molar-refractivity contribution is -0.199. The number of hydrogen-bond acceptors (Lipinski definition) is 4. The summed E-state index contributed by atoms with van der Waals surface area (Å²) in [6, 6.07) is 21.1. The first-order chi connectivity index (χ1) is 14.5. The average molecular weight is 465 g/mol. The number of nitrogens with one attached hydrogen (secondary N) is 2. The van der Waals surface area contributed by atoms with E-state index in [9.17, 15) is 14.7 Å². The number of benzene rings is 3. The highest BCUT2D eigenvalue weighted by Crippen LogP contribution is 2.54. The first-order valence-corrected chi connectivity index (χ1v) is 10.2. The number of anilines is 2. The molecule has 0 spiro atoms. The molecule has 0 unspecified atom stereocenters. The van der Waals surface area contributed by atoms with Crippen molar-refractivity contribution in [3.63, 3.8) is 0 Å². The van der Waals surface area contributed by atoms with E-state index in [0.29, 0.717) is 22.5 Å². The summed E-state index contributed by atoms with van der Waals surface area (Å²) in [5.41, 5.74) is -1.72. The van der Waals surface area contributed by atoms with E-state index in [2.05, 4.69) is 26.6 Å². The van der Waals surface area contributed by atoms with Crippen molar-refractivity contribution in [2.45, 2.75) is 17.8 Å². The van der Waals surface area contributed by atoms with E-state index < -0.39 is 23.0 Å². The lowest BCUT2D eigenvalue weighted by Gasteiger charge is -2.39. The van der Waals surface area contributed by atoms with Gasteiger partial charge in [0.15, 0.2) is 0 Å². The van der Waals surface area contributed by atoms with Crippen molar-refractivity contribution in [1.82, 2.24) is 0 Å². The van der Waals surface area contributed by atoms with Gasteiger partial charge in [-0.15, -0.1) is 0 Å². The lowest BCUT2D eigenvalue weighted by Crippen LogP contribution is -2.58. The van der Waals surface area contributed by atoms with Crippen LogP contribution >= 0.6 is 15.9 Å². The van der Waals surface area contributed by atoms with Crippen molar-refractivity contribution >= 4 is 39.1 Å². The summed E-state index contributed by atoms with van der Waals surface area (Å²) in [7, 11) is 0. The third kappa shape index (κ3) is 2.49. The summed E-state index contributed by atoms with van der Waals surface area (Å²) < 4.78 is 7.14. The minimum atomic E-state index is -2.24. The number of carbonyl (C=O) groups excluding carboxylic acids is 2. The smallest absolute Gasteiger partial charge is 0.265 e. The molecule has 2 aliphatic heterocycles. The van der Waals surface area contributed by atoms with Crippen molar-refractivity contribution < 1.29 is 19.4 Å². The van der Waals surface area contributed by atoms with Gasteiger partial charge in [-0.05, 0) is 29.8 Å². The topological polar surface area (TPSA) is 87.7 Å². The predicted octanol–water partition coefficient (Wildman–Crippen LogP) is 3.65. The third-order valence-electron chi connectivity index (χ3n) is 5.65. The number of ether oxygens (including phenoxy) is 1. The zero-order valence-electron chi connectivity index (χ0n) is 15.7. The number of fused-ring (bicyclic) bond motifs is 2. The molecule has 0 saturated heterocycles. The van der Waals surface area contributed by atoms with Gasteiger partial charge in [-0.25, -0.2) is 0 Å². The Bertz CT molecular complexity index is 1180. The summed E-state index contributed by atoms with van der Waals surface area (Å²) in [5, 5.41) is 17.4. The average Bonchev–Trinajstić information content (AvgIpc) is 3.19. The van der Waals surface area contributed by atoms with E-state index in [1.54, 1.807) is 48.5 Å². The quantitative estimate of drug-likeness (QED) is 0.549. The van der Waals surface area contributed by atoms with Crippen molar-refractivity contribution in [2.24, 2.45) is 0 Å². The summed E-state index contributed by atoms with van der Waals surface area (Å²) in [4.78, 5) is 26.5. The molecule has 2 heterocycles. The Morgan fingerprint density at radius 2 is 1.37 bits per heavy atom. The number of rotatable bonds is 4. The van der Waals surface area contributed by atoms with Crippen LogP contribution in [-0.4, -0.2) is 16.9 Å². The Balaban J connectivity index is 1.69. The summed E-state index contributed by atoms with van der Waals surface area (Å²) in [5.74, 6) is -1.29. The fourth-order valence-corrected chi connectivity index (χ4v) is 4.47. The normalized spacial score (nSPS) is 24.2. The van der Waals surface area contributed by atoms with E-state index in [0.717, 1.165) is 10.0 Å². The first-order valence-electron chi connectivity index (χ1n) is 9.39. The van der Waals surface area contributed by atoms with Gasteiger partial charge in [0.2, 0.25) is 11.2 Å². The van der Waals surface area contributed by atoms with Gasteiger partial charge in [0, 0.05) is 27.0 Å². The number of para-hydroxylation sites is 2. The van der Waals surface area contributed by atoms with E-state index in [4.69, 9.17) is 4.74 Å². The van der Waals surface area contributed by atoms with Gasteiger partial charge >= 0.3 is 0 Å². The molecule has 7 heteroatoms. The largest absolute Gasteiger partial charge is 0.372 e. The number of hydrogen-bond donors (Lipinski definition) is 3. The Hall–Kier alpha value is -3.00. The van der Waals surface area contributed by atoms with Crippen molar-refractivity contribution in [2.75, 3.05) is 10.6 Å². The third-order valence-corrected chi connectivity index (χ3v) is 6.17. The maximum absolute atomic E-state index is 13.4. The molecule has 3 aromatic carbocycles. The molecule has 0 saturated carbocycles. The monoisotopic (exact) mass is 464 g/mol. The first kappa shape index (κ1) is 19.0. The standard InChI is InChI=1S/C23H17BrN2O4/c24-15-11-9-14(10-12-15)13-30-23(17-6-2-4-8-19(17)26-21(23)28)22(29)16-5-1-3-7-18(16)25-20(22)27/h1-12,29H,13H2,(H,25,27)(H,26,28)/t22-,23-/m0/s1. The number of aliphatic hydroxyl groups is 1. The second kappa shape index (κ2) is 6.77. The van der Waals surface area contributed by atoms with Gasteiger partial charge in [-0.1, -0.05) is 64.5 Å². The molecule has 2 amide bonds. The van der Waals surface area contributed by atoms with Crippen LogP contribution in [0.15, 0.2) is 77.3 Å². The Kier molecular flexibility index (Phi) is 4.28. The molecule has 0 fully saturated rings. The SMILES string of the molecule is O=C1Nc2ccccc2[C@@]1(O)[C@@]1(OCc2ccc(Br)cc2)C(=O)Nc2ccccc21. The van der Waals surface area contributed by atoms with Crippen molar-refractivity contribution in [3.8, 4) is 0 Å². The molecule has 30 heavy (non-hydrogen) atoms. The molecular weight excluding hydrogens is 448 g/mol. The molecule has 0 bridgehead atoms. The van der Waals surface area contributed by atoms with Crippen LogP contribution in [-0.2, 0) is 32.1 Å². The van der Waals surface area contributed by atoms with E-state index in [-0.39, 0.29) is 6.61 Å².